The summed E-state index contributed by atoms with van der Waals surface area (Å²) in [5, 5.41) is 6.02. The number of nitrogens with zero attached hydrogens (tertiary/aromatic N) is 1. The molecule has 2 amide bonds. The smallest absolute Gasteiger partial charge is 0.317 e. The van der Waals surface area contributed by atoms with Gasteiger partial charge in [0.1, 0.15) is 5.82 Å². The highest BCUT2D eigenvalue weighted by Gasteiger charge is 2.17. The van der Waals surface area contributed by atoms with Gasteiger partial charge in [0, 0.05) is 26.2 Å². The van der Waals surface area contributed by atoms with E-state index in [0.717, 1.165) is 44.7 Å². The molecule has 0 atom stereocenters. The van der Waals surface area contributed by atoms with Crippen molar-refractivity contribution < 1.29 is 9.18 Å². The summed E-state index contributed by atoms with van der Waals surface area (Å²) in [6, 6.07) is 6.65. The van der Waals surface area contributed by atoms with Gasteiger partial charge in [-0.2, -0.15) is 0 Å². The van der Waals surface area contributed by atoms with Gasteiger partial charge in [-0.25, -0.2) is 9.18 Å². The molecule has 0 bridgehead atoms. The molecule has 18 heavy (non-hydrogen) atoms. The zero-order valence-corrected chi connectivity index (χ0v) is 10.3. The number of benzene rings is 1. The van der Waals surface area contributed by atoms with Crippen molar-refractivity contribution in [3.05, 3.63) is 35.6 Å². The van der Waals surface area contributed by atoms with Gasteiger partial charge in [0.2, 0.25) is 0 Å². The van der Waals surface area contributed by atoms with Gasteiger partial charge in [0.15, 0.2) is 0 Å². The van der Waals surface area contributed by atoms with Gasteiger partial charge < -0.3 is 15.5 Å². The summed E-state index contributed by atoms with van der Waals surface area (Å²) in [5.41, 5.74) is 0.987. The third kappa shape index (κ3) is 3.70. The van der Waals surface area contributed by atoms with Crippen LogP contribution in [0.1, 0.15) is 5.56 Å². The van der Waals surface area contributed by atoms with Crippen LogP contribution >= 0.6 is 0 Å². The maximum absolute atomic E-state index is 12.9. The quantitative estimate of drug-likeness (QED) is 0.740. The number of carbonyl (C=O) groups is 1. The first kappa shape index (κ1) is 12.8. The summed E-state index contributed by atoms with van der Waals surface area (Å²) in [7, 11) is 0. The van der Waals surface area contributed by atoms with Crippen molar-refractivity contribution in [2.45, 2.75) is 6.42 Å². The Bertz CT molecular complexity index is 411. The van der Waals surface area contributed by atoms with Gasteiger partial charge in [-0.15, -0.1) is 0 Å². The van der Waals surface area contributed by atoms with Crippen LogP contribution in [-0.4, -0.2) is 43.7 Å². The highest BCUT2D eigenvalue weighted by molar-refractivity contribution is 5.76. The fourth-order valence-electron chi connectivity index (χ4n) is 1.99. The van der Waals surface area contributed by atoms with Gasteiger partial charge in [0.25, 0.3) is 0 Å². The molecular formula is C13H18FN3O. The van der Waals surface area contributed by atoms with Crippen LogP contribution < -0.4 is 10.6 Å². The molecule has 0 unspecified atom stereocenters. The Morgan fingerprint density at radius 3 is 3.00 bits per heavy atom. The predicted octanol–water partition coefficient (Wildman–Crippen LogP) is 0.983. The molecule has 1 saturated heterocycles. The number of hydrogen-bond donors (Lipinski definition) is 2. The van der Waals surface area contributed by atoms with E-state index in [9.17, 15) is 9.18 Å². The Morgan fingerprint density at radius 2 is 2.28 bits per heavy atom. The SMILES string of the molecule is O=C1NCCN1CCNCCc1cccc(F)c1. The second kappa shape index (κ2) is 6.35. The molecule has 0 aliphatic carbocycles. The first-order chi connectivity index (χ1) is 8.75. The van der Waals surface area contributed by atoms with Gasteiger partial charge in [0.05, 0.1) is 0 Å². The lowest BCUT2D eigenvalue weighted by molar-refractivity contribution is 0.217. The van der Waals surface area contributed by atoms with E-state index in [1.54, 1.807) is 17.0 Å². The number of rotatable bonds is 6. The molecule has 4 nitrogen and oxygen atoms in total. The molecular weight excluding hydrogens is 233 g/mol. The molecule has 2 N–H and O–H groups in total. The Hall–Kier alpha value is -1.62. The van der Waals surface area contributed by atoms with Crippen molar-refractivity contribution in [2.24, 2.45) is 0 Å². The maximum atomic E-state index is 12.9. The third-order valence-corrected chi connectivity index (χ3v) is 2.98. The summed E-state index contributed by atoms with van der Waals surface area (Å²) < 4.78 is 12.9. The molecule has 1 fully saturated rings. The van der Waals surface area contributed by atoms with E-state index < -0.39 is 0 Å². The van der Waals surface area contributed by atoms with Gasteiger partial charge in [-0.1, -0.05) is 12.1 Å². The molecule has 2 rings (SSSR count). The molecule has 0 saturated carbocycles. The average Bonchev–Trinajstić information content (AvgIpc) is 2.75. The fourth-order valence-corrected chi connectivity index (χ4v) is 1.99. The van der Waals surface area contributed by atoms with Crippen LogP contribution in [0.3, 0.4) is 0 Å². The van der Waals surface area contributed by atoms with E-state index >= 15 is 0 Å². The topological polar surface area (TPSA) is 44.4 Å². The van der Waals surface area contributed by atoms with E-state index in [0.29, 0.717) is 0 Å². The standard InChI is InChI=1S/C13H18FN3O/c14-12-3-1-2-11(10-12)4-5-15-6-8-17-9-7-16-13(17)18/h1-3,10,15H,4-9H2,(H,16,18). The van der Waals surface area contributed by atoms with Crippen LogP contribution in [0.2, 0.25) is 0 Å². The van der Waals surface area contributed by atoms with Crippen molar-refractivity contribution in [3.8, 4) is 0 Å². The van der Waals surface area contributed by atoms with E-state index in [2.05, 4.69) is 10.6 Å². The minimum atomic E-state index is -0.193. The normalized spacial score (nSPS) is 14.9. The van der Waals surface area contributed by atoms with Crippen LogP contribution in [0.5, 0.6) is 0 Å². The second-order valence-corrected chi connectivity index (χ2v) is 4.35. The highest BCUT2D eigenvalue weighted by atomic mass is 19.1. The highest BCUT2D eigenvalue weighted by Crippen LogP contribution is 2.03. The zero-order valence-electron chi connectivity index (χ0n) is 10.3. The molecule has 1 aromatic carbocycles. The van der Waals surface area contributed by atoms with Crippen molar-refractivity contribution in [2.75, 3.05) is 32.7 Å². The summed E-state index contributed by atoms with van der Waals surface area (Å²) in [6.45, 7) is 3.79. The Labute approximate surface area is 106 Å². The lowest BCUT2D eigenvalue weighted by Crippen LogP contribution is -2.35. The number of amides is 2. The number of carbonyl (C=O) groups excluding carboxylic acids is 1. The third-order valence-electron chi connectivity index (χ3n) is 2.98. The predicted molar refractivity (Wildman–Crippen MR) is 67.9 cm³/mol. The molecule has 5 heteroatoms. The lowest BCUT2D eigenvalue weighted by atomic mass is 10.1. The fraction of sp³-hybridized carbons (Fsp3) is 0.462. The van der Waals surface area contributed by atoms with E-state index in [-0.39, 0.29) is 11.8 Å². The molecule has 1 aromatic rings. The van der Waals surface area contributed by atoms with Crippen molar-refractivity contribution in [3.63, 3.8) is 0 Å². The Balaban J connectivity index is 1.60. The summed E-state index contributed by atoms with van der Waals surface area (Å²) in [5.74, 6) is -0.193. The largest absolute Gasteiger partial charge is 0.336 e. The van der Waals surface area contributed by atoms with Crippen molar-refractivity contribution in [1.29, 1.82) is 0 Å². The molecule has 0 radical (unpaired) electrons. The Morgan fingerprint density at radius 1 is 1.39 bits per heavy atom. The molecule has 98 valence electrons. The van der Waals surface area contributed by atoms with Crippen molar-refractivity contribution >= 4 is 6.03 Å². The molecule has 1 aliphatic rings. The summed E-state index contributed by atoms with van der Waals surface area (Å²) in [4.78, 5) is 13.0. The van der Waals surface area contributed by atoms with Crippen LogP contribution in [0, 0.1) is 5.82 Å². The van der Waals surface area contributed by atoms with Crippen molar-refractivity contribution in [1.82, 2.24) is 15.5 Å². The number of halogens is 1. The molecule has 1 heterocycles. The van der Waals surface area contributed by atoms with Gasteiger partial charge in [-0.05, 0) is 30.7 Å². The van der Waals surface area contributed by atoms with Gasteiger partial charge in [-0.3, -0.25) is 0 Å². The number of nitrogens with one attached hydrogen (secondary N) is 2. The molecule has 0 spiro atoms. The van der Waals surface area contributed by atoms with Crippen LogP contribution in [-0.2, 0) is 6.42 Å². The number of urea groups is 1. The summed E-state index contributed by atoms with van der Waals surface area (Å²) >= 11 is 0. The Kier molecular flexibility index (Phi) is 4.52. The average molecular weight is 251 g/mol. The van der Waals surface area contributed by atoms with E-state index in [4.69, 9.17) is 0 Å². The van der Waals surface area contributed by atoms with E-state index in [1.165, 1.54) is 6.07 Å². The first-order valence-electron chi connectivity index (χ1n) is 6.23. The monoisotopic (exact) mass is 251 g/mol. The zero-order chi connectivity index (χ0) is 12.8. The van der Waals surface area contributed by atoms with Crippen LogP contribution in [0.4, 0.5) is 9.18 Å². The first-order valence-corrected chi connectivity index (χ1v) is 6.23. The van der Waals surface area contributed by atoms with Crippen LogP contribution in [0.15, 0.2) is 24.3 Å². The molecule has 0 aromatic heterocycles. The minimum absolute atomic E-state index is 0.0157. The van der Waals surface area contributed by atoms with E-state index in [1.807, 2.05) is 6.07 Å². The lowest BCUT2D eigenvalue weighted by Gasteiger charge is -2.14. The molecule has 1 aliphatic heterocycles. The summed E-state index contributed by atoms with van der Waals surface area (Å²) in [6.07, 6.45) is 0.796. The maximum Gasteiger partial charge on any atom is 0.317 e. The number of hydrogen-bond acceptors (Lipinski definition) is 2. The minimum Gasteiger partial charge on any atom is -0.336 e. The second-order valence-electron chi connectivity index (χ2n) is 4.35. The van der Waals surface area contributed by atoms with Gasteiger partial charge >= 0.3 is 6.03 Å². The van der Waals surface area contributed by atoms with Crippen LogP contribution in [0.25, 0.3) is 0 Å².